The van der Waals surface area contributed by atoms with Crippen LogP contribution in [0.15, 0.2) is 23.5 Å². The predicted molar refractivity (Wildman–Crippen MR) is 78.4 cm³/mol. The Bertz CT molecular complexity index is 624. The molecule has 0 radical (unpaired) electrons. The molecule has 0 saturated carbocycles. The highest BCUT2D eigenvalue weighted by Gasteiger charge is 2.46. The first kappa shape index (κ1) is 15.2. The lowest BCUT2D eigenvalue weighted by Crippen LogP contribution is -2.43. The van der Waals surface area contributed by atoms with Gasteiger partial charge in [0.15, 0.2) is 0 Å². The normalized spacial score (nSPS) is 21.9. The van der Waals surface area contributed by atoms with Crippen molar-refractivity contribution in [1.29, 1.82) is 0 Å². The molecule has 0 spiro atoms. The van der Waals surface area contributed by atoms with Crippen LogP contribution in [0.1, 0.15) is 43.6 Å². The Hall–Kier alpha value is -2.24. The predicted octanol–water partition coefficient (Wildman–Crippen LogP) is 1.80. The molecule has 6 heteroatoms. The van der Waals surface area contributed by atoms with E-state index in [0.717, 1.165) is 0 Å². The summed E-state index contributed by atoms with van der Waals surface area (Å²) < 4.78 is 0. The minimum atomic E-state index is -1.05. The summed E-state index contributed by atoms with van der Waals surface area (Å²) in [6, 6.07) is 1.50. The van der Waals surface area contributed by atoms with E-state index in [-0.39, 0.29) is 17.4 Å². The van der Waals surface area contributed by atoms with Crippen molar-refractivity contribution >= 4 is 17.7 Å². The van der Waals surface area contributed by atoms with Gasteiger partial charge in [-0.05, 0) is 25.8 Å². The van der Waals surface area contributed by atoms with Gasteiger partial charge in [0.25, 0.3) is 5.91 Å². The molecule has 21 heavy (non-hydrogen) atoms. The fourth-order valence-electron chi connectivity index (χ4n) is 2.27. The van der Waals surface area contributed by atoms with Crippen LogP contribution >= 0.6 is 0 Å². The average molecular weight is 289 g/mol. The Morgan fingerprint density at radius 2 is 2.10 bits per heavy atom. The van der Waals surface area contributed by atoms with Gasteiger partial charge in [-0.25, -0.2) is 4.79 Å². The Labute approximate surface area is 123 Å². The number of aliphatic imine (C=N–C) groups is 1. The summed E-state index contributed by atoms with van der Waals surface area (Å²) in [5.41, 5.74) is -0.184. The number of hydrogen-bond donors (Lipinski definition) is 1. The Morgan fingerprint density at radius 3 is 2.62 bits per heavy atom. The molecule has 2 rings (SSSR count). The molecule has 0 aliphatic carbocycles. The molecule has 1 amide bonds. The maximum Gasteiger partial charge on any atom is 0.337 e. The second-order valence-corrected chi connectivity index (χ2v) is 5.55. The van der Waals surface area contributed by atoms with Crippen molar-refractivity contribution in [3.63, 3.8) is 0 Å². The lowest BCUT2D eigenvalue weighted by molar-refractivity contribution is -0.131. The monoisotopic (exact) mass is 289 g/mol. The molecule has 0 aromatic carbocycles. The maximum atomic E-state index is 12.6. The highest BCUT2D eigenvalue weighted by atomic mass is 16.4. The van der Waals surface area contributed by atoms with E-state index in [2.05, 4.69) is 9.98 Å². The summed E-state index contributed by atoms with van der Waals surface area (Å²) >= 11 is 0. The number of nitrogens with zero attached hydrogens (tertiary/aromatic N) is 3. The van der Waals surface area contributed by atoms with E-state index in [0.29, 0.717) is 17.9 Å². The van der Waals surface area contributed by atoms with Crippen LogP contribution in [0.2, 0.25) is 0 Å². The number of aromatic carboxylic acids is 1. The van der Waals surface area contributed by atoms with Crippen LogP contribution in [0, 0.1) is 5.92 Å². The SMILES string of the molecule is CCN1C(=O)C(C)(C(C)C)N=C1c1cncc(C(=O)O)c1. The molecule has 0 fully saturated rings. The van der Waals surface area contributed by atoms with Crippen LogP contribution < -0.4 is 0 Å². The van der Waals surface area contributed by atoms with E-state index in [4.69, 9.17) is 5.11 Å². The van der Waals surface area contributed by atoms with Crippen molar-refractivity contribution < 1.29 is 14.7 Å². The minimum Gasteiger partial charge on any atom is -0.478 e. The lowest BCUT2D eigenvalue weighted by Gasteiger charge is -2.25. The third-order valence-corrected chi connectivity index (χ3v) is 3.96. The Balaban J connectivity index is 2.53. The number of aromatic nitrogens is 1. The number of hydrogen-bond acceptors (Lipinski definition) is 4. The molecule has 1 aromatic rings. The molecule has 1 aliphatic rings. The van der Waals surface area contributed by atoms with Crippen LogP contribution in [-0.4, -0.2) is 44.8 Å². The minimum absolute atomic E-state index is 0.0483. The highest BCUT2D eigenvalue weighted by Crippen LogP contribution is 2.31. The van der Waals surface area contributed by atoms with Gasteiger partial charge in [-0.3, -0.25) is 19.7 Å². The van der Waals surface area contributed by atoms with E-state index >= 15 is 0 Å². The topological polar surface area (TPSA) is 82.9 Å². The molecule has 0 saturated heterocycles. The van der Waals surface area contributed by atoms with Crippen LogP contribution in [0.25, 0.3) is 0 Å². The summed E-state index contributed by atoms with van der Waals surface area (Å²) in [4.78, 5) is 33.7. The number of likely N-dealkylation sites (N-methyl/N-ethyl adjacent to an activating group) is 1. The van der Waals surface area contributed by atoms with Crippen molar-refractivity contribution in [3.05, 3.63) is 29.6 Å². The van der Waals surface area contributed by atoms with E-state index in [1.807, 2.05) is 27.7 Å². The van der Waals surface area contributed by atoms with Gasteiger partial charge < -0.3 is 5.11 Å². The average Bonchev–Trinajstić information content (AvgIpc) is 2.72. The third kappa shape index (κ3) is 2.41. The van der Waals surface area contributed by atoms with Crippen LogP contribution in [0.4, 0.5) is 0 Å². The Kier molecular flexibility index (Phi) is 3.80. The van der Waals surface area contributed by atoms with E-state index in [9.17, 15) is 9.59 Å². The van der Waals surface area contributed by atoms with Crippen molar-refractivity contribution in [1.82, 2.24) is 9.88 Å². The zero-order valence-corrected chi connectivity index (χ0v) is 12.6. The van der Waals surface area contributed by atoms with E-state index < -0.39 is 11.5 Å². The molecule has 0 bridgehead atoms. The number of amides is 1. The van der Waals surface area contributed by atoms with Crippen molar-refractivity contribution in [2.24, 2.45) is 10.9 Å². The summed E-state index contributed by atoms with van der Waals surface area (Å²) in [6.45, 7) is 8.06. The fourth-order valence-corrected chi connectivity index (χ4v) is 2.27. The zero-order valence-electron chi connectivity index (χ0n) is 12.6. The zero-order chi connectivity index (χ0) is 15.8. The summed E-state index contributed by atoms with van der Waals surface area (Å²) in [6.07, 6.45) is 2.81. The van der Waals surface area contributed by atoms with Gasteiger partial charge in [0, 0.05) is 24.5 Å². The fraction of sp³-hybridized carbons (Fsp3) is 0.467. The smallest absolute Gasteiger partial charge is 0.337 e. The maximum absolute atomic E-state index is 12.6. The number of rotatable bonds is 4. The number of amidine groups is 1. The van der Waals surface area contributed by atoms with Gasteiger partial charge in [-0.1, -0.05) is 13.8 Å². The van der Waals surface area contributed by atoms with Crippen molar-refractivity contribution in [2.75, 3.05) is 6.54 Å². The third-order valence-electron chi connectivity index (χ3n) is 3.96. The first-order chi connectivity index (χ1) is 9.81. The number of carboxylic acids is 1. The molecule has 1 atom stereocenters. The number of pyridine rings is 1. The second kappa shape index (κ2) is 5.27. The second-order valence-electron chi connectivity index (χ2n) is 5.55. The molecule has 1 aliphatic heterocycles. The largest absolute Gasteiger partial charge is 0.478 e. The van der Waals surface area contributed by atoms with Crippen LogP contribution in [0.3, 0.4) is 0 Å². The van der Waals surface area contributed by atoms with Crippen LogP contribution in [-0.2, 0) is 4.79 Å². The van der Waals surface area contributed by atoms with Crippen molar-refractivity contribution in [3.8, 4) is 0 Å². The molecule has 1 N–H and O–H groups in total. The molecule has 1 unspecified atom stereocenters. The molecular weight excluding hydrogens is 270 g/mol. The van der Waals surface area contributed by atoms with Gasteiger partial charge in [-0.2, -0.15) is 0 Å². The molecule has 1 aromatic heterocycles. The Morgan fingerprint density at radius 1 is 1.43 bits per heavy atom. The van der Waals surface area contributed by atoms with Gasteiger partial charge in [0.2, 0.25) is 0 Å². The first-order valence-corrected chi connectivity index (χ1v) is 6.91. The van der Waals surface area contributed by atoms with Gasteiger partial charge >= 0.3 is 5.97 Å². The summed E-state index contributed by atoms with van der Waals surface area (Å²) in [5, 5.41) is 9.06. The highest BCUT2D eigenvalue weighted by molar-refractivity contribution is 6.15. The van der Waals surface area contributed by atoms with Gasteiger partial charge in [0.05, 0.1) is 5.56 Å². The molecule has 6 nitrogen and oxygen atoms in total. The molecule has 112 valence electrons. The standard InChI is InChI=1S/C15H19N3O3/c1-5-18-12(17-15(4,9(2)3)14(18)21)10-6-11(13(19)20)8-16-7-10/h6-9H,5H2,1-4H3,(H,19,20). The van der Waals surface area contributed by atoms with Gasteiger partial charge in [0.1, 0.15) is 11.4 Å². The first-order valence-electron chi connectivity index (χ1n) is 6.91. The molecular formula is C15H19N3O3. The number of carbonyl (C=O) groups is 2. The van der Waals surface area contributed by atoms with E-state index in [1.165, 1.54) is 18.5 Å². The number of carbonyl (C=O) groups excluding carboxylic acids is 1. The summed E-state index contributed by atoms with van der Waals surface area (Å²) in [5.74, 6) is -0.568. The number of carboxylic acid groups (broad SMARTS) is 1. The van der Waals surface area contributed by atoms with Gasteiger partial charge in [-0.15, -0.1) is 0 Å². The lowest BCUT2D eigenvalue weighted by atomic mass is 9.89. The van der Waals surface area contributed by atoms with Crippen LogP contribution in [0.5, 0.6) is 0 Å². The molecule has 2 heterocycles. The van der Waals surface area contributed by atoms with Crippen molar-refractivity contribution in [2.45, 2.75) is 33.2 Å². The van der Waals surface area contributed by atoms with E-state index in [1.54, 1.807) is 4.90 Å². The quantitative estimate of drug-likeness (QED) is 0.916. The summed E-state index contributed by atoms with van der Waals surface area (Å²) in [7, 11) is 0.